The SMILES string of the molecule is O=C(/C=C/c1ccccc1)Nc1nc(CC(=O)Nc2nc(-c3ccco3)cs2)cs1. The number of nitrogens with one attached hydrogen (secondary N) is 2. The molecule has 30 heavy (non-hydrogen) atoms. The van der Waals surface area contributed by atoms with Crippen LogP contribution in [0.5, 0.6) is 0 Å². The first-order valence-corrected chi connectivity index (χ1v) is 10.7. The molecule has 1 aromatic carbocycles. The topological polar surface area (TPSA) is 97.1 Å². The second kappa shape index (κ2) is 9.29. The lowest BCUT2D eigenvalue weighted by Gasteiger charge is -1.99. The lowest BCUT2D eigenvalue weighted by Crippen LogP contribution is -2.14. The summed E-state index contributed by atoms with van der Waals surface area (Å²) in [6.07, 6.45) is 4.83. The van der Waals surface area contributed by atoms with Crippen LogP contribution in [0.1, 0.15) is 11.3 Å². The first kappa shape index (κ1) is 19.7. The predicted molar refractivity (Wildman–Crippen MR) is 118 cm³/mol. The molecular formula is C21H16N4O3S2. The second-order valence-electron chi connectivity index (χ2n) is 6.12. The van der Waals surface area contributed by atoms with Crippen LogP contribution in [0.3, 0.4) is 0 Å². The van der Waals surface area contributed by atoms with Crippen LogP contribution < -0.4 is 10.6 Å². The van der Waals surface area contributed by atoms with E-state index in [0.29, 0.717) is 27.4 Å². The molecule has 2 N–H and O–H groups in total. The fourth-order valence-corrected chi connectivity index (χ4v) is 3.95. The Labute approximate surface area is 180 Å². The molecule has 0 bridgehead atoms. The zero-order valence-corrected chi connectivity index (χ0v) is 17.2. The average molecular weight is 437 g/mol. The molecule has 0 aliphatic heterocycles. The Bertz CT molecular complexity index is 1160. The van der Waals surface area contributed by atoms with Crippen molar-refractivity contribution < 1.29 is 14.0 Å². The largest absolute Gasteiger partial charge is 0.463 e. The molecule has 150 valence electrons. The Morgan fingerprint density at radius 2 is 1.77 bits per heavy atom. The fraction of sp³-hybridized carbons (Fsp3) is 0.0476. The van der Waals surface area contributed by atoms with E-state index in [9.17, 15) is 9.59 Å². The number of amides is 2. The van der Waals surface area contributed by atoms with E-state index in [1.54, 1.807) is 29.9 Å². The van der Waals surface area contributed by atoms with Crippen molar-refractivity contribution in [2.45, 2.75) is 6.42 Å². The van der Waals surface area contributed by atoms with Crippen molar-refractivity contribution in [2.24, 2.45) is 0 Å². The molecule has 0 spiro atoms. The van der Waals surface area contributed by atoms with E-state index in [1.807, 2.05) is 35.7 Å². The molecule has 0 aliphatic rings. The molecule has 7 nitrogen and oxygen atoms in total. The minimum Gasteiger partial charge on any atom is -0.463 e. The standard InChI is InChI=1S/C21H16N4O3S2/c26-18(9-8-14-5-2-1-3-6-14)24-20-22-15(12-29-20)11-19(27)25-21-23-16(13-30-21)17-7-4-10-28-17/h1-10,12-13H,11H2,(H,22,24,26)(H,23,25,27)/b9-8+. The minimum absolute atomic E-state index is 0.0852. The second-order valence-corrected chi connectivity index (χ2v) is 7.83. The van der Waals surface area contributed by atoms with Crippen LogP contribution in [0.25, 0.3) is 17.5 Å². The predicted octanol–water partition coefficient (Wildman–Crippen LogP) is 4.69. The summed E-state index contributed by atoms with van der Waals surface area (Å²) in [5, 5.41) is 9.94. The third-order valence-corrected chi connectivity index (χ3v) is 5.44. The molecule has 3 aromatic heterocycles. The summed E-state index contributed by atoms with van der Waals surface area (Å²) >= 11 is 2.59. The summed E-state index contributed by atoms with van der Waals surface area (Å²) in [5.41, 5.74) is 2.17. The van der Waals surface area contributed by atoms with Gasteiger partial charge in [0.05, 0.1) is 18.4 Å². The number of benzene rings is 1. The maximum absolute atomic E-state index is 12.3. The smallest absolute Gasteiger partial charge is 0.250 e. The summed E-state index contributed by atoms with van der Waals surface area (Å²) in [6, 6.07) is 13.1. The third kappa shape index (κ3) is 5.28. The number of furan rings is 1. The number of hydrogen-bond acceptors (Lipinski definition) is 7. The van der Waals surface area contributed by atoms with Gasteiger partial charge in [0.2, 0.25) is 11.8 Å². The molecule has 0 saturated heterocycles. The zero-order chi connectivity index (χ0) is 20.8. The summed E-state index contributed by atoms with van der Waals surface area (Å²) in [7, 11) is 0. The lowest BCUT2D eigenvalue weighted by molar-refractivity contribution is -0.115. The third-order valence-electron chi connectivity index (χ3n) is 3.87. The number of aromatic nitrogens is 2. The summed E-state index contributed by atoms with van der Waals surface area (Å²) < 4.78 is 5.29. The minimum atomic E-state index is -0.280. The number of nitrogens with zero attached hydrogens (tertiary/aromatic N) is 2. The Morgan fingerprint density at radius 3 is 2.57 bits per heavy atom. The van der Waals surface area contributed by atoms with Crippen molar-refractivity contribution in [1.29, 1.82) is 0 Å². The monoisotopic (exact) mass is 436 g/mol. The molecule has 9 heteroatoms. The van der Waals surface area contributed by atoms with Gasteiger partial charge in [-0.25, -0.2) is 9.97 Å². The normalized spacial score (nSPS) is 10.9. The van der Waals surface area contributed by atoms with Crippen molar-refractivity contribution in [3.8, 4) is 11.5 Å². The van der Waals surface area contributed by atoms with E-state index in [-0.39, 0.29) is 18.2 Å². The number of rotatable bonds is 7. The van der Waals surface area contributed by atoms with E-state index in [0.717, 1.165) is 5.56 Å². The van der Waals surface area contributed by atoms with Gasteiger partial charge in [0.15, 0.2) is 16.0 Å². The van der Waals surface area contributed by atoms with Crippen LogP contribution in [-0.4, -0.2) is 21.8 Å². The number of carbonyl (C=O) groups is 2. The van der Waals surface area contributed by atoms with Crippen molar-refractivity contribution in [3.63, 3.8) is 0 Å². The van der Waals surface area contributed by atoms with Crippen molar-refractivity contribution in [1.82, 2.24) is 9.97 Å². The highest BCUT2D eigenvalue weighted by molar-refractivity contribution is 7.14. The molecule has 2 amide bonds. The average Bonchev–Trinajstić information content (AvgIpc) is 3.49. The Hall–Kier alpha value is -3.56. The van der Waals surface area contributed by atoms with Crippen LogP contribution >= 0.6 is 22.7 Å². The van der Waals surface area contributed by atoms with Gasteiger partial charge in [0, 0.05) is 16.8 Å². The van der Waals surface area contributed by atoms with Gasteiger partial charge in [0.1, 0.15) is 5.69 Å². The first-order chi connectivity index (χ1) is 14.7. The van der Waals surface area contributed by atoms with Gasteiger partial charge in [-0.1, -0.05) is 30.3 Å². The van der Waals surface area contributed by atoms with Gasteiger partial charge < -0.3 is 9.73 Å². The molecule has 0 saturated carbocycles. The van der Waals surface area contributed by atoms with E-state index in [1.165, 1.54) is 28.7 Å². The van der Waals surface area contributed by atoms with E-state index in [2.05, 4.69) is 20.6 Å². The molecule has 0 aliphatic carbocycles. The molecule has 0 fully saturated rings. The van der Waals surface area contributed by atoms with E-state index in [4.69, 9.17) is 4.42 Å². The summed E-state index contributed by atoms with van der Waals surface area (Å²) in [6.45, 7) is 0. The number of hydrogen-bond donors (Lipinski definition) is 2. The van der Waals surface area contributed by atoms with Gasteiger partial charge >= 0.3 is 0 Å². The Balaban J connectivity index is 1.29. The number of carbonyl (C=O) groups excluding carboxylic acids is 2. The van der Waals surface area contributed by atoms with Crippen molar-refractivity contribution in [2.75, 3.05) is 10.6 Å². The maximum Gasteiger partial charge on any atom is 0.250 e. The molecule has 4 aromatic rings. The quantitative estimate of drug-likeness (QED) is 0.410. The number of anilines is 2. The highest BCUT2D eigenvalue weighted by Crippen LogP contribution is 2.25. The van der Waals surface area contributed by atoms with E-state index < -0.39 is 0 Å². The maximum atomic E-state index is 12.3. The first-order valence-electron chi connectivity index (χ1n) is 8.93. The van der Waals surface area contributed by atoms with Crippen LogP contribution in [0.4, 0.5) is 10.3 Å². The molecular weight excluding hydrogens is 420 g/mol. The van der Waals surface area contributed by atoms with E-state index >= 15 is 0 Å². The van der Waals surface area contributed by atoms with Crippen LogP contribution in [0, 0.1) is 0 Å². The lowest BCUT2D eigenvalue weighted by atomic mass is 10.2. The van der Waals surface area contributed by atoms with Crippen molar-refractivity contribution in [3.05, 3.63) is 76.8 Å². The number of thiazole rings is 2. The zero-order valence-electron chi connectivity index (χ0n) is 15.6. The molecule has 3 heterocycles. The van der Waals surface area contributed by atoms with Gasteiger partial charge in [-0.15, -0.1) is 22.7 Å². The molecule has 0 atom stereocenters. The molecule has 0 radical (unpaired) electrons. The molecule has 0 unspecified atom stereocenters. The fourth-order valence-electron chi connectivity index (χ4n) is 2.53. The van der Waals surface area contributed by atoms with Crippen LogP contribution in [-0.2, 0) is 16.0 Å². The highest BCUT2D eigenvalue weighted by atomic mass is 32.1. The summed E-state index contributed by atoms with van der Waals surface area (Å²) in [4.78, 5) is 32.9. The van der Waals surface area contributed by atoms with Gasteiger partial charge in [-0.2, -0.15) is 0 Å². The van der Waals surface area contributed by atoms with Gasteiger partial charge in [-0.05, 0) is 23.8 Å². The van der Waals surface area contributed by atoms with Crippen LogP contribution in [0.15, 0.2) is 70.0 Å². The van der Waals surface area contributed by atoms with Gasteiger partial charge in [-0.3, -0.25) is 14.9 Å². The Morgan fingerprint density at radius 1 is 0.967 bits per heavy atom. The van der Waals surface area contributed by atoms with Gasteiger partial charge in [0.25, 0.3) is 0 Å². The Kier molecular flexibility index (Phi) is 6.11. The summed E-state index contributed by atoms with van der Waals surface area (Å²) in [5.74, 6) is 0.132. The van der Waals surface area contributed by atoms with Crippen molar-refractivity contribution >= 4 is 50.8 Å². The van der Waals surface area contributed by atoms with Crippen LogP contribution in [0.2, 0.25) is 0 Å². The molecule has 4 rings (SSSR count). The highest BCUT2D eigenvalue weighted by Gasteiger charge is 2.12.